The fourth-order valence-corrected chi connectivity index (χ4v) is 1.28. The zero-order valence-electron chi connectivity index (χ0n) is 8.34. The fraction of sp³-hybridized carbons (Fsp3) is 0.364. The molecule has 0 N–H and O–H groups in total. The molecule has 0 aromatic heterocycles. The summed E-state index contributed by atoms with van der Waals surface area (Å²) in [7, 11) is 1.24. The summed E-state index contributed by atoms with van der Waals surface area (Å²) in [5.41, 5.74) is 0.966. The number of hydrogen-bond donors (Lipinski definition) is 0. The second-order valence-electron chi connectivity index (χ2n) is 3.06. The van der Waals surface area contributed by atoms with Crippen LogP contribution in [-0.2, 0) is 11.2 Å². The van der Waals surface area contributed by atoms with E-state index in [0.717, 1.165) is 18.4 Å². The van der Waals surface area contributed by atoms with Crippen molar-refractivity contribution < 1.29 is 13.9 Å². The molecule has 0 aliphatic rings. The summed E-state index contributed by atoms with van der Waals surface area (Å²) in [6, 6.07) is 4.53. The molecule has 0 aliphatic heterocycles. The van der Waals surface area contributed by atoms with Crippen molar-refractivity contribution in [2.24, 2.45) is 0 Å². The molecule has 76 valence electrons. The number of ether oxygens (including phenoxy) is 1. The highest BCUT2D eigenvalue weighted by atomic mass is 19.1. The molecule has 1 rings (SSSR count). The van der Waals surface area contributed by atoms with Crippen molar-refractivity contribution in [3.63, 3.8) is 0 Å². The van der Waals surface area contributed by atoms with Crippen LogP contribution in [0.2, 0.25) is 0 Å². The molecule has 3 heteroatoms. The van der Waals surface area contributed by atoms with Crippen LogP contribution in [0, 0.1) is 5.82 Å². The average molecular weight is 196 g/mol. The third-order valence-corrected chi connectivity index (χ3v) is 1.97. The number of hydrogen-bond acceptors (Lipinski definition) is 2. The maximum absolute atomic E-state index is 13.1. The Bertz CT molecular complexity index is 334. The molecule has 0 aliphatic carbocycles. The molecular formula is C11H13FO2. The van der Waals surface area contributed by atoms with Gasteiger partial charge < -0.3 is 4.74 Å². The van der Waals surface area contributed by atoms with Gasteiger partial charge in [0.15, 0.2) is 0 Å². The van der Waals surface area contributed by atoms with Gasteiger partial charge >= 0.3 is 5.97 Å². The molecule has 0 atom stereocenters. The maximum Gasteiger partial charge on any atom is 0.340 e. The Morgan fingerprint density at radius 1 is 1.50 bits per heavy atom. The number of rotatable bonds is 3. The highest BCUT2D eigenvalue weighted by Crippen LogP contribution is 2.13. The first-order valence-electron chi connectivity index (χ1n) is 4.55. The first-order valence-corrected chi connectivity index (χ1v) is 4.55. The fourth-order valence-electron chi connectivity index (χ4n) is 1.28. The van der Waals surface area contributed by atoms with E-state index in [1.165, 1.54) is 13.2 Å². The largest absolute Gasteiger partial charge is 0.465 e. The van der Waals surface area contributed by atoms with Crippen LogP contribution in [-0.4, -0.2) is 13.1 Å². The molecule has 0 heterocycles. The molecule has 0 saturated carbocycles. The summed E-state index contributed by atoms with van der Waals surface area (Å²) < 4.78 is 17.6. The number of aryl methyl sites for hydroxylation is 1. The van der Waals surface area contributed by atoms with Crippen molar-refractivity contribution in [1.82, 2.24) is 0 Å². The minimum Gasteiger partial charge on any atom is -0.465 e. The lowest BCUT2D eigenvalue weighted by molar-refractivity contribution is 0.0595. The summed E-state index contributed by atoms with van der Waals surface area (Å²) >= 11 is 0. The third kappa shape index (κ3) is 2.31. The number of esters is 1. The summed E-state index contributed by atoms with van der Waals surface area (Å²) in [6.07, 6.45) is 1.80. The Kier molecular flexibility index (Phi) is 3.63. The van der Waals surface area contributed by atoms with E-state index in [-0.39, 0.29) is 5.56 Å². The van der Waals surface area contributed by atoms with Crippen LogP contribution in [0.3, 0.4) is 0 Å². The Labute approximate surface area is 82.7 Å². The predicted octanol–water partition coefficient (Wildman–Crippen LogP) is 2.56. The Balaban J connectivity index is 3.01. The van der Waals surface area contributed by atoms with Crippen LogP contribution in [0.5, 0.6) is 0 Å². The number of benzene rings is 1. The molecule has 0 saturated heterocycles. The van der Waals surface area contributed by atoms with Crippen LogP contribution in [0.4, 0.5) is 4.39 Å². The first-order chi connectivity index (χ1) is 6.69. The van der Waals surface area contributed by atoms with E-state index >= 15 is 0 Å². The highest BCUT2D eigenvalue weighted by molar-refractivity contribution is 5.89. The van der Waals surface area contributed by atoms with Gasteiger partial charge in [0.1, 0.15) is 5.82 Å². The lowest BCUT2D eigenvalue weighted by Gasteiger charge is -2.03. The number of methoxy groups -OCH3 is 1. The quantitative estimate of drug-likeness (QED) is 0.694. The van der Waals surface area contributed by atoms with Gasteiger partial charge in [0.05, 0.1) is 12.7 Å². The van der Waals surface area contributed by atoms with Crippen molar-refractivity contribution in [2.45, 2.75) is 19.8 Å². The van der Waals surface area contributed by atoms with Crippen LogP contribution in [0.15, 0.2) is 18.2 Å². The SMILES string of the molecule is CCCc1ccc(F)c(C(=O)OC)c1. The molecule has 0 unspecified atom stereocenters. The second-order valence-corrected chi connectivity index (χ2v) is 3.06. The minimum absolute atomic E-state index is 0.0125. The van der Waals surface area contributed by atoms with Gasteiger partial charge in [0, 0.05) is 0 Å². The Morgan fingerprint density at radius 3 is 2.79 bits per heavy atom. The van der Waals surface area contributed by atoms with E-state index in [1.807, 2.05) is 6.92 Å². The summed E-state index contributed by atoms with van der Waals surface area (Å²) in [6.45, 7) is 2.03. The van der Waals surface area contributed by atoms with Crippen molar-refractivity contribution in [3.8, 4) is 0 Å². The Morgan fingerprint density at radius 2 is 2.21 bits per heavy atom. The van der Waals surface area contributed by atoms with E-state index in [2.05, 4.69) is 4.74 Å². The Hall–Kier alpha value is -1.38. The minimum atomic E-state index is -0.625. The van der Waals surface area contributed by atoms with Gasteiger partial charge in [-0.05, 0) is 24.1 Å². The molecule has 0 spiro atoms. The average Bonchev–Trinajstić information content (AvgIpc) is 2.20. The van der Waals surface area contributed by atoms with Gasteiger partial charge in [-0.25, -0.2) is 9.18 Å². The molecule has 2 nitrogen and oxygen atoms in total. The van der Waals surface area contributed by atoms with Gasteiger partial charge in [-0.2, -0.15) is 0 Å². The van der Waals surface area contributed by atoms with Gasteiger partial charge in [-0.3, -0.25) is 0 Å². The summed E-state index contributed by atoms with van der Waals surface area (Å²) in [4.78, 5) is 11.1. The predicted molar refractivity (Wildman–Crippen MR) is 51.7 cm³/mol. The van der Waals surface area contributed by atoms with Crippen LogP contribution in [0.1, 0.15) is 29.3 Å². The van der Waals surface area contributed by atoms with Crippen molar-refractivity contribution in [2.75, 3.05) is 7.11 Å². The van der Waals surface area contributed by atoms with Crippen molar-refractivity contribution in [1.29, 1.82) is 0 Å². The molecular weight excluding hydrogens is 183 g/mol. The summed E-state index contributed by atoms with van der Waals surface area (Å²) in [5.74, 6) is -1.16. The normalized spacial score (nSPS) is 9.93. The zero-order chi connectivity index (χ0) is 10.6. The topological polar surface area (TPSA) is 26.3 Å². The maximum atomic E-state index is 13.1. The van der Waals surface area contributed by atoms with Crippen molar-refractivity contribution >= 4 is 5.97 Å². The van der Waals surface area contributed by atoms with Crippen LogP contribution in [0.25, 0.3) is 0 Å². The smallest absolute Gasteiger partial charge is 0.340 e. The van der Waals surface area contributed by atoms with E-state index in [1.54, 1.807) is 12.1 Å². The highest BCUT2D eigenvalue weighted by Gasteiger charge is 2.11. The van der Waals surface area contributed by atoms with E-state index in [4.69, 9.17) is 0 Å². The van der Waals surface area contributed by atoms with E-state index in [9.17, 15) is 9.18 Å². The lowest BCUT2D eigenvalue weighted by atomic mass is 10.1. The number of carbonyl (C=O) groups is 1. The molecule has 1 aromatic carbocycles. The standard InChI is InChI=1S/C11H13FO2/c1-3-4-8-5-6-10(12)9(7-8)11(13)14-2/h5-7H,3-4H2,1-2H3. The van der Waals surface area contributed by atoms with Gasteiger partial charge in [-0.15, -0.1) is 0 Å². The molecule has 0 fully saturated rings. The number of halogens is 1. The molecule has 14 heavy (non-hydrogen) atoms. The van der Waals surface area contributed by atoms with Crippen molar-refractivity contribution in [3.05, 3.63) is 35.1 Å². The van der Waals surface area contributed by atoms with Crippen LogP contribution >= 0.6 is 0 Å². The zero-order valence-corrected chi connectivity index (χ0v) is 8.34. The van der Waals surface area contributed by atoms with Crippen LogP contribution < -0.4 is 0 Å². The van der Waals surface area contributed by atoms with Gasteiger partial charge in [-0.1, -0.05) is 19.4 Å². The molecule has 1 aromatic rings. The lowest BCUT2D eigenvalue weighted by Crippen LogP contribution is -2.05. The monoisotopic (exact) mass is 196 g/mol. The van der Waals surface area contributed by atoms with Gasteiger partial charge in [0.25, 0.3) is 0 Å². The first kappa shape index (κ1) is 10.7. The summed E-state index contributed by atoms with van der Waals surface area (Å²) in [5, 5.41) is 0. The van der Waals surface area contributed by atoms with Gasteiger partial charge in [0.2, 0.25) is 0 Å². The molecule has 0 amide bonds. The van der Waals surface area contributed by atoms with E-state index < -0.39 is 11.8 Å². The molecule has 0 radical (unpaired) electrons. The molecule has 0 bridgehead atoms. The second kappa shape index (κ2) is 4.74. The van der Waals surface area contributed by atoms with E-state index in [0.29, 0.717) is 0 Å². The third-order valence-electron chi connectivity index (χ3n) is 1.97. The number of carbonyl (C=O) groups excluding carboxylic acids is 1.